The summed E-state index contributed by atoms with van der Waals surface area (Å²) in [5.74, 6) is -2.04. The highest BCUT2D eigenvalue weighted by molar-refractivity contribution is 9.10. The van der Waals surface area contributed by atoms with Crippen molar-refractivity contribution in [3.63, 3.8) is 0 Å². The van der Waals surface area contributed by atoms with E-state index in [-0.39, 0.29) is 30.2 Å². The van der Waals surface area contributed by atoms with Crippen LogP contribution in [-0.4, -0.2) is 37.7 Å². The predicted molar refractivity (Wildman–Crippen MR) is 79.5 cm³/mol. The Morgan fingerprint density at radius 2 is 2.14 bits per heavy atom. The number of carbonyl (C=O) groups excluding carboxylic acids is 1. The number of nitrogens with two attached hydrogens (primary N) is 1. The molecule has 1 aliphatic rings. The smallest absolute Gasteiger partial charge is 0.336 e. The molecule has 1 aromatic rings. The van der Waals surface area contributed by atoms with Crippen LogP contribution in [0.1, 0.15) is 16.8 Å². The summed E-state index contributed by atoms with van der Waals surface area (Å²) in [6.07, 6.45) is 0.0696. The molecule has 9 heteroatoms. The SMILES string of the molecule is NS(=O)(=O)CC1CC(=O)N(c2cccc(C(=O)O)c2Br)C1. The second kappa shape index (κ2) is 5.74. The van der Waals surface area contributed by atoms with Crippen molar-refractivity contribution in [1.29, 1.82) is 0 Å². The van der Waals surface area contributed by atoms with E-state index < -0.39 is 21.9 Å². The van der Waals surface area contributed by atoms with Crippen LogP contribution in [0.3, 0.4) is 0 Å². The molecular weight excluding hydrogens is 364 g/mol. The second-order valence-electron chi connectivity index (χ2n) is 4.85. The van der Waals surface area contributed by atoms with Crippen molar-refractivity contribution < 1.29 is 23.1 Å². The van der Waals surface area contributed by atoms with E-state index in [0.717, 1.165) is 0 Å². The molecule has 1 heterocycles. The molecule has 1 fully saturated rings. The molecule has 0 bridgehead atoms. The van der Waals surface area contributed by atoms with Crippen molar-refractivity contribution in [3.05, 3.63) is 28.2 Å². The van der Waals surface area contributed by atoms with Crippen molar-refractivity contribution >= 4 is 43.5 Å². The Bertz CT molecular complexity index is 704. The zero-order valence-corrected chi connectivity index (χ0v) is 13.2. The van der Waals surface area contributed by atoms with Crippen molar-refractivity contribution in [2.45, 2.75) is 6.42 Å². The Kier molecular flexibility index (Phi) is 4.35. The number of carboxylic acids is 1. The normalized spacial score (nSPS) is 19.0. The molecule has 1 unspecified atom stereocenters. The molecule has 1 aliphatic heterocycles. The summed E-state index contributed by atoms with van der Waals surface area (Å²) in [5.41, 5.74) is 0.451. The zero-order valence-electron chi connectivity index (χ0n) is 10.8. The molecule has 1 aromatic carbocycles. The maximum atomic E-state index is 12.0. The quantitative estimate of drug-likeness (QED) is 0.804. The van der Waals surface area contributed by atoms with Gasteiger partial charge in [-0.05, 0) is 28.1 Å². The zero-order chi connectivity index (χ0) is 15.8. The summed E-state index contributed by atoms with van der Waals surface area (Å²) in [6.45, 7) is 0.191. The van der Waals surface area contributed by atoms with E-state index in [4.69, 9.17) is 10.2 Å². The van der Waals surface area contributed by atoms with Gasteiger partial charge in [0.15, 0.2) is 0 Å². The van der Waals surface area contributed by atoms with Crippen molar-refractivity contribution in [2.24, 2.45) is 11.1 Å². The maximum Gasteiger partial charge on any atom is 0.336 e. The van der Waals surface area contributed by atoms with E-state index in [2.05, 4.69) is 15.9 Å². The minimum Gasteiger partial charge on any atom is -0.478 e. The van der Waals surface area contributed by atoms with Crippen LogP contribution < -0.4 is 10.0 Å². The molecule has 1 atom stereocenters. The predicted octanol–water partition coefficient (Wildman–Crippen LogP) is 0.789. The van der Waals surface area contributed by atoms with Gasteiger partial charge in [0.05, 0.1) is 21.5 Å². The highest BCUT2D eigenvalue weighted by Gasteiger charge is 2.34. The molecular formula is C12H13BrN2O5S. The van der Waals surface area contributed by atoms with Crippen LogP contribution in [0.15, 0.2) is 22.7 Å². The van der Waals surface area contributed by atoms with Gasteiger partial charge >= 0.3 is 5.97 Å². The van der Waals surface area contributed by atoms with Gasteiger partial charge in [-0.2, -0.15) is 0 Å². The van der Waals surface area contributed by atoms with Crippen LogP contribution in [0, 0.1) is 5.92 Å². The number of amides is 1. The Hall–Kier alpha value is -1.45. The first-order valence-electron chi connectivity index (χ1n) is 6.01. The monoisotopic (exact) mass is 376 g/mol. The largest absolute Gasteiger partial charge is 0.478 e. The van der Waals surface area contributed by atoms with Crippen LogP contribution >= 0.6 is 15.9 Å². The van der Waals surface area contributed by atoms with E-state index in [9.17, 15) is 18.0 Å². The van der Waals surface area contributed by atoms with Gasteiger partial charge in [0, 0.05) is 18.9 Å². The average Bonchev–Trinajstić information content (AvgIpc) is 2.67. The van der Waals surface area contributed by atoms with E-state index in [0.29, 0.717) is 10.2 Å². The van der Waals surface area contributed by atoms with Gasteiger partial charge in [-0.3, -0.25) is 4.79 Å². The number of hydrogen-bond donors (Lipinski definition) is 2. The van der Waals surface area contributed by atoms with E-state index in [1.54, 1.807) is 6.07 Å². The molecule has 0 aliphatic carbocycles. The molecule has 0 spiro atoms. The molecule has 3 N–H and O–H groups in total. The molecule has 1 amide bonds. The van der Waals surface area contributed by atoms with Gasteiger partial charge in [0.1, 0.15) is 0 Å². The lowest BCUT2D eigenvalue weighted by atomic mass is 10.1. The summed E-state index contributed by atoms with van der Waals surface area (Å²) in [5, 5.41) is 14.1. The first kappa shape index (κ1) is 15.9. The average molecular weight is 377 g/mol. The number of nitrogens with zero attached hydrogens (tertiary/aromatic N) is 1. The number of halogens is 1. The summed E-state index contributed by atoms with van der Waals surface area (Å²) in [4.78, 5) is 24.5. The second-order valence-corrected chi connectivity index (χ2v) is 7.30. The molecule has 7 nitrogen and oxygen atoms in total. The van der Waals surface area contributed by atoms with Crippen LogP contribution in [0.2, 0.25) is 0 Å². The van der Waals surface area contributed by atoms with Gasteiger partial charge in [-0.25, -0.2) is 18.4 Å². The van der Waals surface area contributed by atoms with Gasteiger partial charge < -0.3 is 10.0 Å². The Labute approximate surface area is 129 Å². The van der Waals surface area contributed by atoms with Gasteiger partial charge in [0.2, 0.25) is 15.9 Å². The third-order valence-corrected chi connectivity index (χ3v) is 4.94. The lowest BCUT2D eigenvalue weighted by Gasteiger charge is -2.19. The topological polar surface area (TPSA) is 118 Å². The molecule has 114 valence electrons. The number of rotatable bonds is 4. The number of sulfonamides is 1. The molecule has 0 aromatic heterocycles. The highest BCUT2D eigenvalue weighted by Crippen LogP contribution is 2.34. The molecule has 1 saturated heterocycles. The van der Waals surface area contributed by atoms with Crippen molar-refractivity contribution in [3.8, 4) is 0 Å². The Morgan fingerprint density at radius 1 is 1.48 bits per heavy atom. The van der Waals surface area contributed by atoms with Gasteiger partial charge in [0.25, 0.3) is 0 Å². The minimum absolute atomic E-state index is 0.0372. The lowest BCUT2D eigenvalue weighted by molar-refractivity contribution is -0.117. The minimum atomic E-state index is -3.65. The standard InChI is InChI=1S/C12H13BrN2O5S/c13-11-8(12(17)18)2-1-3-9(11)15-5-7(4-10(15)16)6-21(14,19)20/h1-3,7H,4-6H2,(H,17,18)(H2,14,19,20). The Morgan fingerprint density at radius 3 is 2.71 bits per heavy atom. The number of aromatic carboxylic acids is 1. The highest BCUT2D eigenvalue weighted by atomic mass is 79.9. The van der Waals surface area contributed by atoms with Gasteiger partial charge in [-0.15, -0.1) is 0 Å². The number of carbonyl (C=O) groups is 2. The third kappa shape index (κ3) is 3.60. The van der Waals surface area contributed by atoms with E-state index in [1.165, 1.54) is 17.0 Å². The first-order valence-corrected chi connectivity index (χ1v) is 8.52. The van der Waals surface area contributed by atoms with Crippen molar-refractivity contribution in [2.75, 3.05) is 17.2 Å². The van der Waals surface area contributed by atoms with E-state index >= 15 is 0 Å². The molecule has 0 saturated carbocycles. The fourth-order valence-corrected chi connectivity index (χ4v) is 3.88. The van der Waals surface area contributed by atoms with Crippen LogP contribution in [0.25, 0.3) is 0 Å². The number of benzene rings is 1. The summed E-state index contributed by atoms with van der Waals surface area (Å²) >= 11 is 3.18. The van der Waals surface area contributed by atoms with Gasteiger partial charge in [-0.1, -0.05) is 6.07 Å². The summed E-state index contributed by atoms with van der Waals surface area (Å²) in [7, 11) is -3.65. The van der Waals surface area contributed by atoms with E-state index in [1.807, 2.05) is 0 Å². The molecule has 21 heavy (non-hydrogen) atoms. The molecule has 2 rings (SSSR count). The lowest BCUT2D eigenvalue weighted by Crippen LogP contribution is -2.28. The number of primary sulfonamides is 1. The van der Waals surface area contributed by atoms with Crippen molar-refractivity contribution in [1.82, 2.24) is 0 Å². The fourth-order valence-electron chi connectivity index (χ4n) is 2.35. The Balaban J connectivity index is 2.29. The number of hydrogen-bond acceptors (Lipinski definition) is 4. The third-order valence-electron chi connectivity index (χ3n) is 3.17. The maximum absolute atomic E-state index is 12.0. The fraction of sp³-hybridized carbons (Fsp3) is 0.333. The summed E-state index contributed by atoms with van der Waals surface area (Å²) < 4.78 is 22.5. The van der Waals surface area contributed by atoms with Crippen LogP contribution in [0.4, 0.5) is 5.69 Å². The number of anilines is 1. The molecule has 0 radical (unpaired) electrons. The van der Waals surface area contributed by atoms with Crippen LogP contribution in [0.5, 0.6) is 0 Å². The summed E-state index contributed by atoms with van der Waals surface area (Å²) in [6, 6.07) is 4.55. The first-order chi connectivity index (χ1) is 9.69. The number of carboxylic acid groups (broad SMARTS) is 1. The van der Waals surface area contributed by atoms with Crippen LogP contribution in [-0.2, 0) is 14.8 Å².